The first-order valence-electron chi connectivity index (χ1n) is 9.46. The minimum absolute atomic E-state index is 0.205. The topological polar surface area (TPSA) is 80.2 Å². The van der Waals surface area contributed by atoms with Crippen LogP contribution in [0.5, 0.6) is 0 Å². The molecule has 1 aromatic heterocycles. The fourth-order valence-corrected chi connectivity index (χ4v) is 5.30. The molecule has 1 aliphatic heterocycles. The Kier molecular flexibility index (Phi) is 5.37. The van der Waals surface area contributed by atoms with Crippen LogP contribution in [0.1, 0.15) is 11.1 Å². The summed E-state index contributed by atoms with van der Waals surface area (Å²) >= 11 is 0. The fourth-order valence-electron chi connectivity index (χ4n) is 3.70. The molecular weight excluding hydrogens is 391 g/mol. The largest absolute Gasteiger partial charge is 0.359 e. The maximum atomic E-state index is 13.2. The number of nitrogens with one attached hydrogen (secondary N) is 1. The van der Waals surface area contributed by atoms with Gasteiger partial charge in [0.2, 0.25) is 10.0 Å². The Morgan fingerprint density at radius 2 is 1.79 bits per heavy atom. The Labute approximate surface area is 169 Å². The number of H-pyrrole nitrogens is 1. The number of hydrogen-bond acceptors (Lipinski definition) is 4. The summed E-state index contributed by atoms with van der Waals surface area (Å²) in [6.07, 6.45) is 2.34. The van der Waals surface area contributed by atoms with E-state index in [-0.39, 0.29) is 10.7 Å². The maximum absolute atomic E-state index is 13.2. The van der Waals surface area contributed by atoms with Crippen molar-refractivity contribution in [2.75, 3.05) is 32.7 Å². The molecule has 1 saturated heterocycles. The number of benzene rings is 2. The summed E-state index contributed by atoms with van der Waals surface area (Å²) in [6.45, 7) is 2.91. The van der Waals surface area contributed by atoms with E-state index in [2.05, 4.69) is 16.0 Å². The van der Waals surface area contributed by atoms with Crippen LogP contribution >= 0.6 is 0 Å². The molecule has 3 aromatic rings. The number of para-hydroxylation sites is 1. The van der Waals surface area contributed by atoms with Crippen LogP contribution in [0.3, 0.4) is 0 Å². The molecule has 150 valence electrons. The second-order valence-corrected chi connectivity index (χ2v) is 9.02. The van der Waals surface area contributed by atoms with E-state index in [0.717, 1.165) is 18.5 Å². The number of fused-ring (bicyclic) bond motifs is 1. The lowest BCUT2D eigenvalue weighted by Crippen LogP contribution is -2.49. The molecular formula is C21H21FN4O2S. The van der Waals surface area contributed by atoms with Gasteiger partial charge < -0.3 is 9.88 Å². The summed E-state index contributed by atoms with van der Waals surface area (Å²) in [6, 6.07) is 13.5. The maximum Gasteiger partial charge on any atom is 0.245 e. The van der Waals surface area contributed by atoms with Gasteiger partial charge in [0, 0.05) is 44.3 Å². The van der Waals surface area contributed by atoms with Crippen LogP contribution in [0.25, 0.3) is 10.9 Å². The average molecular weight is 412 g/mol. The van der Waals surface area contributed by atoms with Gasteiger partial charge in [-0.05, 0) is 30.2 Å². The van der Waals surface area contributed by atoms with Gasteiger partial charge in [0.25, 0.3) is 0 Å². The van der Waals surface area contributed by atoms with Crippen LogP contribution in [0.4, 0.5) is 4.39 Å². The zero-order valence-electron chi connectivity index (χ0n) is 15.8. The summed E-state index contributed by atoms with van der Waals surface area (Å²) in [7, 11) is -3.65. The van der Waals surface area contributed by atoms with Crippen LogP contribution in [0.2, 0.25) is 0 Å². The highest BCUT2D eigenvalue weighted by atomic mass is 32.2. The molecule has 0 aliphatic carbocycles. The van der Waals surface area contributed by atoms with Gasteiger partial charge in [-0.15, -0.1) is 0 Å². The number of rotatable bonds is 5. The normalized spacial score (nSPS) is 16.1. The minimum atomic E-state index is -3.65. The number of piperazine rings is 1. The van der Waals surface area contributed by atoms with Gasteiger partial charge in [0.15, 0.2) is 0 Å². The lowest BCUT2D eigenvalue weighted by Gasteiger charge is -2.34. The number of nitrogens with zero attached hydrogens (tertiary/aromatic N) is 3. The highest BCUT2D eigenvalue weighted by molar-refractivity contribution is 7.89. The summed E-state index contributed by atoms with van der Waals surface area (Å²) in [5, 5.41) is 9.81. The molecule has 1 N–H and O–H groups in total. The van der Waals surface area contributed by atoms with Crippen molar-refractivity contribution in [3.63, 3.8) is 0 Å². The van der Waals surface area contributed by atoms with Crippen molar-refractivity contribution in [1.29, 1.82) is 5.26 Å². The monoisotopic (exact) mass is 412 g/mol. The van der Waals surface area contributed by atoms with Crippen molar-refractivity contribution in [3.8, 4) is 6.07 Å². The number of halogens is 1. The van der Waals surface area contributed by atoms with Crippen molar-refractivity contribution in [3.05, 3.63) is 65.6 Å². The second kappa shape index (κ2) is 7.95. The lowest BCUT2D eigenvalue weighted by atomic mass is 10.1. The van der Waals surface area contributed by atoms with E-state index >= 15 is 0 Å². The summed E-state index contributed by atoms with van der Waals surface area (Å²) in [5.74, 6) is -0.244. The number of aromatic nitrogens is 1. The Balaban J connectivity index is 1.43. The number of nitriles is 1. The number of aromatic amines is 1. The predicted molar refractivity (Wildman–Crippen MR) is 108 cm³/mol. The van der Waals surface area contributed by atoms with Crippen molar-refractivity contribution >= 4 is 20.9 Å². The smallest absolute Gasteiger partial charge is 0.245 e. The summed E-state index contributed by atoms with van der Waals surface area (Å²) in [5.41, 5.74) is 1.97. The van der Waals surface area contributed by atoms with Crippen LogP contribution in [-0.4, -0.2) is 55.3 Å². The molecule has 8 heteroatoms. The van der Waals surface area contributed by atoms with Gasteiger partial charge in [-0.2, -0.15) is 9.57 Å². The van der Waals surface area contributed by atoms with Gasteiger partial charge in [0.05, 0.1) is 11.1 Å². The van der Waals surface area contributed by atoms with E-state index < -0.39 is 10.0 Å². The summed E-state index contributed by atoms with van der Waals surface area (Å²) < 4.78 is 40.9. The Morgan fingerprint density at radius 1 is 1.07 bits per heavy atom. The van der Waals surface area contributed by atoms with E-state index in [4.69, 9.17) is 0 Å². The third-order valence-electron chi connectivity index (χ3n) is 5.38. The molecule has 2 heterocycles. The average Bonchev–Trinajstić information content (AvgIpc) is 3.17. The standard InChI is InChI=1S/C21H21FN4O2S/c22-18-6-4-16(5-7-18)8-9-25-10-12-26(13-11-25)29(27,28)20-3-1-2-19-17(14-23)15-24-21(19)20/h1-7,15,24H,8-13H2. The van der Waals surface area contributed by atoms with Gasteiger partial charge in [-0.3, -0.25) is 0 Å². The Bertz CT molecular complexity index is 1160. The minimum Gasteiger partial charge on any atom is -0.359 e. The zero-order chi connectivity index (χ0) is 20.4. The molecule has 0 atom stereocenters. The predicted octanol–water partition coefficient (Wildman–Crippen LogP) is 2.73. The van der Waals surface area contributed by atoms with Gasteiger partial charge >= 0.3 is 0 Å². The van der Waals surface area contributed by atoms with Crippen molar-refractivity contribution in [2.24, 2.45) is 0 Å². The molecule has 0 radical (unpaired) electrons. The van der Waals surface area contributed by atoms with Crippen LogP contribution < -0.4 is 0 Å². The Morgan fingerprint density at radius 3 is 2.48 bits per heavy atom. The van der Waals surface area contributed by atoms with Crippen molar-refractivity contribution in [1.82, 2.24) is 14.2 Å². The SMILES string of the molecule is N#Cc1c[nH]c2c(S(=O)(=O)N3CCN(CCc4ccc(F)cc4)CC3)cccc12. The zero-order valence-corrected chi connectivity index (χ0v) is 16.6. The third-order valence-corrected chi connectivity index (χ3v) is 7.32. The van der Waals surface area contributed by atoms with Gasteiger partial charge in [-0.25, -0.2) is 12.8 Å². The van der Waals surface area contributed by atoms with Crippen molar-refractivity contribution in [2.45, 2.75) is 11.3 Å². The van der Waals surface area contributed by atoms with E-state index in [1.54, 1.807) is 30.3 Å². The van der Waals surface area contributed by atoms with Crippen LogP contribution in [0.15, 0.2) is 53.6 Å². The first kappa shape index (κ1) is 19.6. The first-order valence-corrected chi connectivity index (χ1v) is 10.9. The van der Waals surface area contributed by atoms with E-state index in [0.29, 0.717) is 42.6 Å². The van der Waals surface area contributed by atoms with E-state index in [9.17, 15) is 18.1 Å². The molecule has 0 bridgehead atoms. The molecule has 1 aliphatic rings. The van der Waals surface area contributed by atoms with E-state index in [1.165, 1.54) is 22.6 Å². The van der Waals surface area contributed by atoms with Crippen LogP contribution in [-0.2, 0) is 16.4 Å². The third kappa shape index (κ3) is 3.90. The lowest BCUT2D eigenvalue weighted by molar-refractivity contribution is 0.190. The number of sulfonamides is 1. The van der Waals surface area contributed by atoms with Gasteiger partial charge in [-0.1, -0.05) is 24.3 Å². The Hall–Kier alpha value is -2.73. The fraction of sp³-hybridized carbons (Fsp3) is 0.286. The molecule has 0 saturated carbocycles. The molecule has 29 heavy (non-hydrogen) atoms. The quantitative estimate of drug-likeness (QED) is 0.699. The first-order chi connectivity index (χ1) is 14.0. The van der Waals surface area contributed by atoms with Crippen LogP contribution in [0, 0.1) is 17.1 Å². The molecule has 0 amide bonds. The second-order valence-electron chi connectivity index (χ2n) is 7.12. The highest BCUT2D eigenvalue weighted by Crippen LogP contribution is 2.27. The van der Waals surface area contributed by atoms with E-state index in [1.807, 2.05) is 0 Å². The molecule has 4 rings (SSSR count). The summed E-state index contributed by atoms with van der Waals surface area (Å²) in [4.78, 5) is 5.36. The molecule has 0 unspecified atom stereocenters. The molecule has 0 spiro atoms. The molecule has 6 nitrogen and oxygen atoms in total. The van der Waals surface area contributed by atoms with Crippen molar-refractivity contribution < 1.29 is 12.8 Å². The highest BCUT2D eigenvalue weighted by Gasteiger charge is 2.30. The molecule has 1 fully saturated rings. The molecule has 2 aromatic carbocycles. The number of hydrogen-bond donors (Lipinski definition) is 1. The van der Waals surface area contributed by atoms with Gasteiger partial charge in [0.1, 0.15) is 16.8 Å².